The Balaban J connectivity index is 2.09. The second-order valence-corrected chi connectivity index (χ2v) is 6.03. The number of nitrogens with one attached hydrogen (secondary N) is 2. The van der Waals surface area contributed by atoms with Crippen LogP contribution in [0, 0.1) is 5.92 Å². The lowest BCUT2D eigenvalue weighted by atomic mass is 10.0. The summed E-state index contributed by atoms with van der Waals surface area (Å²) in [4.78, 5) is 16.7. The smallest absolute Gasteiger partial charge is 0.319 e. The zero-order valence-electron chi connectivity index (χ0n) is 14.7. The summed E-state index contributed by atoms with van der Waals surface area (Å²) in [5, 5.41) is 15.2. The average molecular weight is 344 g/mol. The molecule has 0 radical (unpaired) electrons. The molecule has 2 rings (SSSR count). The third-order valence-electron chi connectivity index (χ3n) is 3.68. The number of rotatable bonds is 7. The molecule has 0 bridgehead atoms. The molecule has 3 N–H and O–H groups in total. The lowest BCUT2D eigenvalue weighted by Gasteiger charge is -2.23. The second kappa shape index (κ2) is 8.23. The largest absolute Gasteiger partial charge is 0.511 e. The van der Waals surface area contributed by atoms with E-state index in [1.165, 1.54) is 0 Å². The van der Waals surface area contributed by atoms with E-state index in [1.54, 1.807) is 48.3 Å². The molecule has 1 aromatic carbocycles. The molecule has 2 aromatic rings. The highest BCUT2D eigenvalue weighted by molar-refractivity contribution is 5.89. The highest BCUT2D eigenvalue weighted by atomic mass is 16.5. The molecule has 1 heterocycles. The maximum atomic E-state index is 12.4. The molecule has 7 nitrogen and oxygen atoms in total. The number of urea groups is 1. The zero-order valence-corrected chi connectivity index (χ0v) is 14.7. The summed E-state index contributed by atoms with van der Waals surface area (Å²) in [5.41, 5.74) is 0.660. The summed E-state index contributed by atoms with van der Waals surface area (Å²) >= 11 is 0. The van der Waals surface area contributed by atoms with Crippen molar-refractivity contribution in [1.82, 2.24) is 14.9 Å². The summed E-state index contributed by atoms with van der Waals surface area (Å²) < 4.78 is 6.86. The molecule has 0 unspecified atom stereocenters. The molecule has 0 aliphatic carbocycles. The number of aromatic nitrogens is 2. The predicted octanol–water partition coefficient (Wildman–Crippen LogP) is 3.48. The molecular formula is C18H24N4O3. The number of nitrogens with zero attached hydrogens (tertiary/aromatic N) is 2. The van der Waals surface area contributed by atoms with Gasteiger partial charge < -0.3 is 25.0 Å². The summed E-state index contributed by atoms with van der Waals surface area (Å²) in [7, 11) is 1.59. The Labute approximate surface area is 147 Å². The molecule has 1 atom stereocenters. The van der Waals surface area contributed by atoms with Crippen LogP contribution < -0.4 is 15.4 Å². The van der Waals surface area contributed by atoms with Crippen LogP contribution in [0.3, 0.4) is 0 Å². The first-order chi connectivity index (χ1) is 11.9. The fourth-order valence-corrected chi connectivity index (χ4v) is 2.44. The topological polar surface area (TPSA) is 88.4 Å². The first kappa shape index (κ1) is 18.4. The number of aliphatic hydroxyl groups excluding tert-OH is 1. The zero-order chi connectivity index (χ0) is 18.4. The number of carbonyl (C=O) groups is 1. The van der Waals surface area contributed by atoms with Crippen molar-refractivity contribution in [3.63, 3.8) is 0 Å². The minimum Gasteiger partial charge on any atom is -0.511 e. The van der Waals surface area contributed by atoms with Crippen LogP contribution in [0.2, 0.25) is 0 Å². The van der Waals surface area contributed by atoms with Crippen molar-refractivity contribution in [3.8, 4) is 5.75 Å². The second-order valence-electron chi connectivity index (χ2n) is 6.03. The van der Waals surface area contributed by atoms with Crippen molar-refractivity contribution in [2.75, 3.05) is 12.4 Å². The van der Waals surface area contributed by atoms with E-state index in [0.29, 0.717) is 11.5 Å². The van der Waals surface area contributed by atoms with E-state index in [4.69, 9.17) is 4.74 Å². The van der Waals surface area contributed by atoms with Crippen molar-refractivity contribution in [3.05, 3.63) is 54.8 Å². The highest BCUT2D eigenvalue weighted by Gasteiger charge is 2.23. The lowest BCUT2D eigenvalue weighted by Crippen LogP contribution is -2.36. The van der Waals surface area contributed by atoms with Gasteiger partial charge in [-0.2, -0.15) is 0 Å². The van der Waals surface area contributed by atoms with Crippen LogP contribution in [0.25, 0.3) is 0 Å². The van der Waals surface area contributed by atoms with E-state index in [9.17, 15) is 9.90 Å². The summed E-state index contributed by atoms with van der Waals surface area (Å²) in [6.07, 6.45) is 3.38. The molecule has 25 heavy (non-hydrogen) atoms. The standard InChI is InChI=1S/C18H24N4O3/c1-12(2)16(17-19-9-10-22(17)11-13(3)23)21-18(24)20-14-5-7-15(25-4)8-6-14/h5-10,12,16,23H,3,11H2,1-2,4H3,(H2,20,21,24)/t16-/m0/s1. The Kier molecular flexibility index (Phi) is 6.05. The van der Waals surface area contributed by atoms with Crippen LogP contribution >= 0.6 is 0 Å². The van der Waals surface area contributed by atoms with Gasteiger partial charge in [0.15, 0.2) is 0 Å². The minimum absolute atomic E-state index is 0.0319. The van der Waals surface area contributed by atoms with Crippen LogP contribution in [-0.4, -0.2) is 27.8 Å². The molecule has 134 valence electrons. The van der Waals surface area contributed by atoms with Gasteiger partial charge in [-0.05, 0) is 30.2 Å². The van der Waals surface area contributed by atoms with Crippen molar-refractivity contribution in [2.45, 2.75) is 26.4 Å². The average Bonchev–Trinajstić information content (AvgIpc) is 3.00. The number of aliphatic hydroxyl groups is 1. The molecule has 7 heteroatoms. The van der Waals surface area contributed by atoms with Gasteiger partial charge in [0.25, 0.3) is 0 Å². The van der Waals surface area contributed by atoms with E-state index < -0.39 is 0 Å². The van der Waals surface area contributed by atoms with Gasteiger partial charge in [-0.1, -0.05) is 20.4 Å². The molecule has 2 amide bonds. The van der Waals surface area contributed by atoms with Crippen LogP contribution in [0.1, 0.15) is 25.7 Å². The van der Waals surface area contributed by atoms with E-state index in [-0.39, 0.29) is 30.3 Å². The maximum Gasteiger partial charge on any atom is 0.319 e. The lowest BCUT2D eigenvalue weighted by molar-refractivity contribution is 0.243. The normalized spacial score (nSPS) is 11.8. The van der Waals surface area contributed by atoms with Crippen LogP contribution in [0.4, 0.5) is 10.5 Å². The predicted molar refractivity (Wildman–Crippen MR) is 96.7 cm³/mol. The van der Waals surface area contributed by atoms with Crippen LogP contribution in [0.5, 0.6) is 5.75 Å². The first-order valence-electron chi connectivity index (χ1n) is 8.00. The quantitative estimate of drug-likeness (QED) is 0.671. The Hall–Kier alpha value is -2.96. The van der Waals surface area contributed by atoms with Gasteiger partial charge in [-0.15, -0.1) is 0 Å². The maximum absolute atomic E-state index is 12.4. The van der Waals surface area contributed by atoms with Crippen molar-refractivity contribution < 1.29 is 14.6 Å². The van der Waals surface area contributed by atoms with Gasteiger partial charge in [0.1, 0.15) is 17.3 Å². The van der Waals surface area contributed by atoms with Crippen molar-refractivity contribution >= 4 is 11.7 Å². The van der Waals surface area contributed by atoms with Gasteiger partial charge in [-0.3, -0.25) is 0 Å². The molecule has 0 fully saturated rings. The fraction of sp³-hybridized carbons (Fsp3) is 0.333. The van der Waals surface area contributed by atoms with Gasteiger partial charge in [-0.25, -0.2) is 9.78 Å². The van der Waals surface area contributed by atoms with Gasteiger partial charge in [0.05, 0.1) is 19.7 Å². The van der Waals surface area contributed by atoms with E-state index in [2.05, 4.69) is 22.2 Å². The molecule has 0 saturated carbocycles. The van der Waals surface area contributed by atoms with E-state index >= 15 is 0 Å². The summed E-state index contributed by atoms with van der Waals surface area (Å²) in [6.45, 7) is 7.72. The van der Waals surface area contributed by atoms with Gasteiger partial charge >= 0.3 is 6.03 Å². The third kappa shape index (κ3) is 5.00. The number of hydrogen-bond donors (Lipinski definition) is 3. The number of amides is 2. The first-order valence-corrected chi connectivity index (χ1v) is 8.00. The highest BCUT2D eigenvalue weighted by Crippen LogP contribution is 2.21. The van der Waals surface area contributed by atoms with Gasteiger partial charge in [0.2, 0.25) is 0 Å². The Bertz CT molecular complexity index is 722. The number of carbonyl (C=O) groups excluding carboxylic acids is 1. The van der Waals surface area contributed by atoms with Crippen molar-refractivity contribution in [1.29, 1.82) is 0 Å². The third-order valence-corrected chi connectivity index (χ3v) is 3.68. The monoisotopic (exact) mass is 344 g/mol. The number of allylic oxidation sites excluding steroid dienone is 1. The molecular weight excluding hydrogens is 320 g/mol. The molecule has 0 aliphatic heterocycles. The summed E-state index contributed by atoms with van der Waals surface area (Å²) in [5.74, 6) is 1.52. The SMILES string of the molecule is C=C(O)Cn1ccnc1[C@@H](NC(=O)Nc1ccc(OC)cc1)C(C)C. The van der Waals surface area contributed by atoms with Crippen molar-refractivity contribution in [2.24, 2.45) is 5.92 Å². The Morgan fingerprint density at radius 1 is 1.36 bits per heavy atom. The van der Waals surface area contributed by atoms with Crippen LogP contribution in [0.15, 0.2) is 49.0 Å². The number of methoxy groups -OCH3 is 1. The van der Waals surface area contributed by atoms with Crippen LogP contribution in [-0.2, 0) is 6.54 Å². The Morgan fingerprint density at radius 3 is 2.60 bits per heavy atom. The fourth-order valence-electron chi connectivity index (χ4n) is 2.44. The number of imidazole rings is 1. The molecule has 0 aliphatic rings. The molecule has 0 saturated heterocycles. The van der Waals surface area contributed by atoms with E-state index in [1.807, 2.05) is 13.8 Å². The number of ether oxygens (including phenoxy) is 1. The number of anilines is 1. The molecule has 0 spiro atoms. The molecule has 1 aromatic heterocycles. The number of hydrogen-bond acceptors (Lipinski definition) is 4. The Morgan fingerprint density at radius 2 is 2.04 bits per heavy atom. The van der Waals surface area contributed by atoms with Gasteiger partial charge in [0, 0.05) is 18.1 Å². The number of benzene rings is 1. The summed E-state index contributed by atoms with van der Waals surface area (Å²) in [6, 6.07) is 6.43. The van der Waals surface area contributed by atoms with E-state index in [0.717, 1.165) is 5.75 Å². The minimum atomic E-state index is -0.332.